The summed E-state index contributed by atoms with van der Waals surface area (Å²) >= 11 is 4.55. The van der Waals surface area contributed by atoms with Crippen LogP contribution in [0.25, 0.3) is 0 Å². The van der Waals surface area contributed by atoms with Crippen molar-refractivity contribution in [1.29, 1.82) is 0 Å². The summed E-state index contributed by atoms with van der Waals surface area (Å²) in [5.74, 6) is 0. The van der Waals surface area contributed by atoms with Crippen molar-refractivity contribution in [3.05, 3.63) is 59.1 Å². The van der Waals surface area contributed by atoms with Gasteiger partial charge in [-0.15, -0.1) is 0 Å². The van der Waals surface area contributed by atoms with E-state index in [4.69, 9.17) is 11.6 Å². The van der Waals surface area contributed by atoms with Crippen LogP contribution in [0.1, 0.15) is 5.56 Å². The molecule has 0 bridgehead atoms. The summed E-state index contributed by atoms with van der Waals surface area (Å²) in [5, 5.41) is 0.691. The van der Waals surface area contributed by atoms with Crippen LogP contribution in [0.15, 0.2) is 58.3 Å². The Morgan fingerprint density at radius 1 is 0.875 bits per heavy atom. The Kier molecular flexibility index (Phi) is 3.54. The largest absolute Gasteiger partial charge is 0.346 e. The molecule has 0 saturated heterocycles. The lowest BCUT2D eigenvalue weighted by molar-refractivity contribution is 0.645. The normalized spacial score (nSPS) is 13.6. The first-order valence-electron chi connectivity index (χ1n) is 4.98. The van der Waals surface area contributed by atoms with Gasteiger partial charge in [0.1, 0.15) is 0 Å². The van der Waals surface area contributed by atoms with Crippen molar-refractivity contribution in [2.45, 2.75) is 16.7 Å². The van der Waals surface area contributed by atoms with Crippen LogP contribution in [0.5, 0.6) is 0 Å². The van der Waals surface area contributed by atoms with Crippen LogP contribution in [0.4, 0.5) is 0 Å². The molecule has 1 nitrogen and oxygen atoms in total. The van der Waals surface area contributed by atoms with Gasteiger partial charge in [-0.25, -0.2) is 0 Å². The summed E-state index contributed by atoms with van der Waals surface area (Å²) in [7, 11) is 0. The Bertz CT molecular complexity index is 419. The van der Waals surface area contributed by atoms with Crippen LogP contribution < -0.4 is 0 Å². The minimum atomic E-state index is -1.25. The van der Waals surface area contributed by atoms with E-state index in [2.05, 4.69) is 0 Å². The molecule has 2 aromatic rings. The lowest BCUT2D eigenvalue weighted by Gasteiger charge is -2.15. The fourth-order valence-electron chi connectivity index (χ4n) is 1.42. The third-order valence-electron chi connectivity index (χ3n) is 2.35. The second kappa shape index (κ2) is 4.91. The third kappa shape index (κ3) is 2.59. The number of hydrogen-bond donors (Lipinski definition) is 2. The second-order valence-electron chi connectivity index (χ2n) is 3.62. The third-order valence-corrected chi connectivity index (χ3v) is 4.18. The van der Waals surface area contributed by atoms with Gasteiger partial charge in [0.2, 0.25) is 0 Å². The lowest BCUT2D eigenvalue weighted by Crippen LogP contribution is -1.84. The van der Waals surface area contributed by atoms with Crippen molar-refractivity contribution >= 4 is 22.8 Å². The highest BCUT2D eigenvalue weighted by atomic mass is 35.5. The van der Waals surface area contributed by atoms with Crippen molar-refractivity contribution < 1.29 is 4.55 Å². The molecule has 16 heavy (non-hydrogen) atoms. The molecule has 84 valence electrons. The smallest absolute Gasteiger partial charge is 0.0406 e. The average Bonchev–Trinajstić information content (AvgIpc) is 2.30. The molecule has 0 aliphatic carbocycles. The number of halogens is 1. The van der Waals surface area contributed by atoms with Gasteiger partial charge in [0, 0.05) is 14.8 Å². The summed E-state index contributed by atoms with van der Waals surface area (Å²) in [6.45, 7) is 2.03. The van der Waals surface area contributed by atoms with Gasteiger partial charge in [0.05, 0.1) is 0 Å². The van der Waals surface area contributed by atoms with Crippen LogP contribution in [0.3, 0.4) is 0 Å². The molecule has 0 heterocycles. The maximum Gasteiger partial charge on any atom is 0.0406 e. The van der Waals surface area contributed by atoms with Crippen LogP contribution in [-0.4, -0.2) is 4.55 Å². The average molecular weight is 253 g/mol. The van der Waals surface area contributed by atoms with Crippen molar-refractivity contribution in [1.82, 2.24) is 0 Å². The summed E-state index contributed by atoms with van der Waals surface area (Å²) in [4.78, 5) is 1.88. The van der Waals surface area contributed by atoms with Crippen molar-refractivity contribution in [3.63, 3.8) is 0 Å². The summed E-state index contributed by atoms with van der Waals surface area (Å²) < 4.78 is 10.2. The van der Waals surface area contributed by atoms with E-state index in [-0.39, 0.29) is 0 Å². The van der Waals surface area contributed by atoms with E-state index in [0.29, 0.717) is 5.02 Å². The van der Waals surface area contributed by atoms with Crippen LogP contribution in [0, 0.1) is 6.92 Å². The molecule has 0 saturated carbocycles. The molecule has 1 unspecified atom stereocenters. The van der Waals surface area contributed by atoms with Crippen molar-refractivity contribution in [2.24, 2.45) is 0 Å². The summed E-state index contributed by atoms with van der Waals surface area (Å²) in [6.07, 6.45) is 0. The van der Waals surface area contributed by atoms with Gasteiger partial charge in [-0.05, 0) is 43.3 Å². The second-order valence-corrected chi connectivity index (χ2v) is 5.72. The number of aryl methyl sites for hydroxylation is 1. The van der Waals surface area contributed by atoms with Gasteiger partial charge in [-0.3, -0.25) is 0 Å². The fraction of sp³-hybridized carbons (Fsp3) is 0.0769. The van der Waals surface area contributed by atoms with Gasteiger partial charge in [0.25, 0.3) is 0 Å². The molecule has 3 heteroatoms. The first kappa shape index (κ1) is 11.5. The van der Waals surface area contributed by atoms with Gasteiger partial charge in [-0.1, -0.05) is 40.5 Å². The molecule has 1 N–H and O–H groups in total. The Balaban J connectivity index is 2.28. The standard InChI is InChI=1S/C13H13ClOS/c1-10-2-6-12(7-3-10)16(15)13-8-4-11(14)5-9-13/h2-9,15-16H,1H3. The monoisotopic (exact) mass is 252 g/mol. The summed E-state index contributed by atoms with van der Waals surface area (Å²) in [6, 6.07) is 15.3. The van der Waals surface area contributed by atoms with Gasteiger partial charge in [0.15, 0.2) is 0 Å². The van der Waals surface area contributed by atoms with Gasteiger partial charge < -0.3 is 4.55 Å². The van der Waals surface area contributed by atoms with E-state index in [9.17, 15) is 4.55 Å². The van der Waals surface area contributed by atoms with E-state index < -0.39 is 11.2 Å². The number of thiol groups is 1. The van der Waals surface area contributed by atoms with Crippen molar-refractivity contribution in [3.8, 4) is 0 Å². The van der Waals surface area contributed by atoms with Crippen LogP contribution in [0.2, 0.25) is 5.02 Å². The SMILES string of the molecule is Cc1ccc([SH](O)c2ccc(Cl)cc2)cc1. The zero-order valence-corrected chi connectivity index (χ0v) is 10.5. The maximum atomic E-state index is 10.2. The molecule has 0 fully saturated rings. The molecule has 0 aliphatic heterocycles. The number of rotatable bonds is 2. The highest BCUT2D eigenvalue weighted by Gasteiger charge is 2.05. The fourth-order valence-corrected chi connectivity index (χ4v) is 2.70. The minimum Gasteiger partial charge on any atom is -0.346 e. The van der Waals surface area contributed by atoms with E-state index >= 15 is 0 Å². The Morgan fingerprint density at radius 2 is 1.31 bits per heavy atom. The highest BCUT2D eigenvalue weighted by Crippen LogP contribution is 2.40. The topological polar surface area (TPSA) is 20.2 Å². The molecule has 0 radical (unpaired) electrons. The Labute approximate surface area is 103 Å². The lowest BCUT2D eigenvalue weighted by atomic mass is 10.2. The zero-order valence-electron chi connectivity index (χ0n) is 8.89. The Morgan fingerprint density at radius 3 is 1.81 bits per heavy atom. The van der Waals surface area contributed by atoms with E-state index in [1.54, 1.807) is 12.1 Å². The van der Waals surface area contributed by atoms with Crippen molar-refractivity contribution in [2.75, 3.05) is 0 Å². The molecule has 0 spiro atoms. The minimum absolute atomic E-state index is 0.691. The molecular weight excluding hydrogens is 240 g/mol. The van der Waals surface area contributed by atoms with E-state index in [0.717, 1.165) is 9.79 Å². The molecule has 2 aromatic carbocycles. The first-order valence-corrected chi connectivity index (χ1v) is 6.65. The number of hydrogen-bond acceptors (Lipinski definition) is 1. The van der Waals surface area contributed by atoms with Gasteiger partial charge in [-0.2, -0.15) is 0 Å². The van der Waals surface area contributed by atoms with E-state index in [1.807, 2.05) is 43.3 Å². The molecule has 0 amide bonds. The highest BCUT2D eigenvalue weighted by molar-refractivity contribution is 8.12. The zero-order chi connectivity index (χ0) is 11.5. The number of benzene rings is 2. The molecule has 1 atom stereocenters. The first-order chi connectivity index (χ1) is 7.66. The summed E-state index contributed by atoms with van der Waals surface area (Å²) in [5.41, 5.74) is 1.20. The van der Waals surface area contributed by atoms with Crippen LogP contribution in [-0.2, 0) is 0 Å². The molecular formula is C13H13ClOS. The van der Waals surface area contributed by atoms with Crippen LogP contribution >= 0.6 is 22.8 Å². The maximum absolute atomic E-state index is 10.2. The predicted molar refractivity (Wildman–Crippen MR) is 70.8 cm³/mol. The molecule has 0 aromatic heterocycles. The quantitative estimate of drug-likeness (QED) is 0.752. The van der Waals surface area contributed by atoms with E-state index in [1.165, 1.54) is 5.56 Å². The predicted octanol–water partition coefficient (Wildman–Crippen LogP) is 4.54. The molecule has 0 aliphatic rings. The van der Waals surface area contributed by atoms with Gasteiger partial charge >= 0.3 is 0 Å². The molecule has 2 rings (SSSR count). The Hall–Kier alpha value is -0.960.